The van der Waals surface area contributed by atoms with Crippen LogP contribution in [0.1, 0.15) is 11.4 Å². The summed E-state index contributed by atoms with van der Waals surface area (Å²) < 4.78 is 26.2. The number of rotatable bonds is 7. The highest BCUT2D eigenvalue weighted by atomic mass is 32.2. The molecule has 1 N–H and O–H groups in total. The standard InChI is InChI=1S/C21H22FN5O3S/c1-29-16-8-6-15(7-9-16)10-11-23-20(28)26-12-13-31-21-25-24-19(27(21)26)14-30-18-5-3-2-4-17(18)22/h2-9H,10-14H2,1H3,(H,23,28). The van der Waals surface area contributed by atoms with Crippen LogP contribution in [0.4, 0.5) is 9.18 Å². The molecule has 0 saturated carbocycles. The summed E-state index contributed by atoms with van der Waals surface area (Å²) in [5.41, 5.74) is 1.10. The van der Waals surface area contributed by atoms with Crippen LogP contribution in [0.15, 0.2) is 53.7 Å². The first-order chi connectivity index (χ1) is 15.2. The van der Waals surface area contributed by atoms with E-state index in [1.165, 1.54) is 17.8 Å². The number of hydrogen-bond acceptors (Lipinski definition) is 6. The molecule has 1 aromatic heterocycles. The van der Waals surface area contributed by atoms with Gasteiger partial charge in [0.2, 0.25) is 5.16 Å². The number of halogens is 1. The molecule has 162 valence electrons. The summed E-state index contributed by atoms with van der Waals surface area (Å²) in [6, 6.07) is 13.6. The molecule has 0 spiro atoms. The fourth-order valence-corrected chi connectivity index (χ4v) is 4.01. The quantitative estimate of drug-likeness (QED) is 0.605. The van der Waals surface area contributed by atoms with E-state index >= 15 is 0 Å². The van der Waals surface area contributed by atoms with Gasteiger partial charge in [-0.2, -0.15) is 0 Å². The summed E-state index contributed by atoms with van der Waals surface area (Å²) in [5, 5.41) is 13.4. The van der Waals surface area contributed by atoms with Gasteiger partial charge >= 0.3 is 6.03 Å². The van der Waals surface area contributed by atoms with Crippen molar-refractivity contribution in [3.05, 3.63) is 65.7 Å². The van der Waals surface area contributed by atoms with Crippen molar-refractivity contribution in [3.8, 4) is 11.5 Å². The lowest BCUT2D eigenvalue weighted by Gasteiger charge is -2.29. The predicted molar refractivity (Wildman–Crippen MR) is 115 cm³/mol. The third kappa shape index (κ3) is 4.91. The van der Waals surface area contributed by atoms with Crippen molar-refractivity contribution in [2.75, 3.05) is 31.0 Å². The monoisotopic (exact) mass is 443 g/mol. The molecule has 1 aliphatic heterocycles. The average molecular weight is 444 g/mol. The number of benzene rings is 2. The molecule has 0 aliphatic carbocycles. The zero-order valence-corrected chi connectivity index (χ0v) is 17.8. The van der Waals surface area contributed by atoms with E-state index in [1.54, 1.807) is 35.0 Å². The zero-order valence-electron chi connectivity index (χ0n) is 17.0. The van der Waals surface area contributed by atoms with E-state index < -0.39 is 5.82 Å². The van der Waals surface area contributed by atoms with Gasteiger partial charge in [0.1, 0.15) is 12.4 Å². The maximum atomic E-state index is 13.8. The Morgan fingerprint density at radius 3 is 2.77 bits per heavy atom. The fraction of sp³-hybridized carbons (Fsp3) is 0.286. The van der Waals surface area contributed by atoms with Crippen molar-refractivity contribution >= 4 is 17.8 Å². The van der Waals surface area contributed by atoms with E-state index in [0.717, 1.165) is 11.3 Å². The van der Waals surface area contributed by atoms with Crippen LogP contribution >= 0.6 is 11.8 Å². The Morgan fingerprint density at radius 2 is 2.00 bits per heavy atom. The molecule has 0 bridgehead atoms. The number of aromatic nitrogens is 3. The maximum absolute atomic E-state index is 13.8. The molecule has 8 nitrogen and oxygen atoms in total. The van der Waals surface area contributed by atoms with Gasteiger partial charge in [0.15, 0.2) is 17.4 Å². The molecular formula is C21H22FN5O3S. The molecule has 31 heavy (non-hydrogen) atoms. The minimum Gasteiger partial charge on any atom is -0.497 e. The summed E-state index contributed by atoms with van der Waals surface area (Å²) in [7, 11) is 1.63. The highest BCUT2D eigenvalue weighted by Crippen LogP contribution is 2.24. The number of urea groups is 1. The van der Waals surface area contributed by atoms with Crippen molar-refractivity contribution in [3.63, 3.8) is 0 Å². The number of amides is 2. The second-order valence-electron chi connectivity index (χ2n) is 6.73. The molecule has 2 aromatic carbocycles. The highest BCUT2D eigenvalue weighted by molar-refractivity contribution is 7.99. The van der Waals surface area contributed by atoms with Crippen LogP contribution < -0.4 is 19.8 Å². The molecule has 1 aliphatic rings. The third-order valence-electron chi connectivity index (χ3n) is 4.73. The number of ether oxygens (including phenoxy) is 2. The smallest absolute Gasteiger partial charge is 0.336 e. The van der Waals surface area contributed by atoms with Gasteiger partial charge in [-0.05, 0) is 36.2 Å². The highest BCUT2D eigenvalue weighted by Gasteiger charge is 2.27. The van der Waals surface area contributed by atoms with Crippen molar-refractivity contribution < 1.29 is 18.7 Å². The van der Waals surface area contributed by atoms with Gasteiger partial charge in [-0.1, -0.05) is 36.0 Å². The SMILES string of the molecule is COc1ccc(CCNC(=O)N2CCSc3nnc(COc4ccccc4F)n32)cc1. The van der Waals surface area contributed by atoms with Gasteiger partial charge in [-0.15, -0.1) is 10.2 Å². The zero-order chi connectivity index (χ0) is 21.6. The largest absolute Gasteiger partial charge is 0.497 e. The first kappa shape index (κ1) is 21.0. The Kier molecular flexibility index (Phi) is 6.56. The molecular weight excluding hydrogens is 421 g/mol. The van der Waals surface area contributed by atoms with Gasteiger partial charge in [0.25, 0.3) is 0 Å². The summed E-state index contributed by atoms with van der Waals surface area (Å²) in [6.45, 7) is 0.966. The molecule has 0 radical (unpaired) electrons. The summed E-state index contributed by atoms with van der Waals surface area (Å²) in [4.78, 5) is 12.8. The number of nitrogens with one attached hydrogen (secondary N) is 1. The summed E-state index contributed by atoms with van der Waals surface area (Å²) in [5.74, 6) is 1.60. The van der Waals surface area contributed by atoms with Gasteiger partial charge in [0, 0.05) is 12.3 Å². The Morgan fingerprint density at radius 1 is 1.19 bits per heavy atom. The Balaban J connectivity index is 1.39. The van der Waals surface area contributed by atoms with E-state index in [9.17, 15) is 9.18 Å². The van der Waals surface area contributed by atoms with Crippen molar-refractivity contribution in [2.45, 2.75) is 18.2 Å². The van der Waals surface area contributed by atoms with Crippen LogP contribution in [0.25, 0.3) is 0 Å². The number of hydrogen-bond donors (Lipinski definition) is 1. The molecule has 0 fully saturated rings. The molecule has 2 heterocycles. The van der Waals surface area contributed by atoms with Gasteiger partial charge in [0.05, 0.1) is 13.7 Å². The van der Waals surface area contributed by atoms with E-state index in [0.29, 0.717) is 36.2 Å². The van der Waals surface area contributed by atoms with Crippen LogP contribution in [0.3, 0.4) is 0 Å². The fourth-order valence-electron chi connectivity index (χ4n) is 3.14. The number of carbonyl (C=O) groups excluding carboxylic acids is 1. The summed E-state index contributed by atoms with van der Waals surface area (Å²) in [6.07, 6.45) is 0.691. The van der Waals surface area contributed by atoms with Crippen LogP contribution in [0.2, 0.25) is 0 Å². The molecule has 2 amide bonds. The molecule has 10 heteroatoms. The van der Waals surface area contributed by atoms with Crippen molar-refractivity contribution in [1.82, 2.24) is 20.2 Å². The van der Waals surface area contributed by atoms with E-state index in [1.807, 2.05) is 24.3 Å². The lowest BCUT2D eigenvalue weighted by atomic mass is 10.1. The van der Waals surface area contributed by atoms with Crippen molar-refractivity contribution in [2.24, 2.45) is 0 Å². The van der Waals surface area contributed by atoms with Gasteiger partial charge in [-0.3, -0.25) is 0 Å². The lowest BCUT2D eigenvalue weighted by Crippen LogP contribution is -2.51. The number of thioether (sulfide) groups is 1. The van der Waals surface area contributed by atoms with Crippen LogP contribution in [-0.4, -0.2) is 46.9 Å². The molecule has 0 saturated heterocycles. The Labute approximate surface area is 183 Å². The molecule has 3 aromatic rings. The van der Waals surface area contributed by atoms with Gasteiger partial charge < -0.3 is 14.8 Å². The normalized spacial score (nSPS) is 12.9. The van der Waals surface area contributed by atoms with Crippen molar-refractivity contribution in [1.29, 1.82) is 0 Å². The average Bonchev–Trinajstić information content (AvgIpc) is 3.22. The predicted octanol–water partition coefficient (Wildman–Crippen LogP) is 3.00. The lowest BCUT2D eigenvalue weighted by molar-refractivity contribution is 0.236. The Hall–Kier alpha value is -3.27. The third-order valence-corrected chi connectivity index (χ3v) is 5.63. The maximum Gasteiger partial charge on any atom is 0.336 e. The van der Waals surface area contributed by atoms with Crippen LogP contribution in [0, 0.1) is 5.82 Å². The second-order valence-corrected chi connectivity index (χ2v) is 7.79. The molecule has 4 rings (SSSR count). The first-order valence-electron chi connectivity index (χ1n) is 9.78. The number of carbonyl (C=O) groups is 1. The van der Waals surface area contributed by atoms with Crippen LogP contribution in [-0.2, 0) is 13.0 Å². The number of para-hydroxylation sites is 1. The van der Waals surface area contributed by atoms with E-state index in [-0.39, 0.29) is 18.4 Å². The molecule has 0 unspecified atom stereocenters. The van der Waals surface area contributed by atoms with Crippen LogP contribution in [0.5, 0.6) is 11.5 Å². The number of fused-ring (bicyclic) bond motifs is 1. The minimum absolute atomic E-state index is 0.00980. The topological polar surface area (TPSA) is 81.5 Å². The van der Waals surface area contributed by atoms with E-state index in [2.05, 4.69) is 15.5 Å². The van der Waals surface area contributed by atoms with E-state index in [4.69, 9.17) is 9.47 Å². The summed E-state index contributed by atoms with van der Waals surface area (Å²) >= 11 is 1.51. The van der Waals surface area contributed by atoms with Gasteiger partial charge in [-0.25, -0.2) is 18.9 Å². The Bertz CT molecular complexity index is 1040. The molecule has 0 atom stereocenters. The number of methoxy groups -OCH3 is 1. The second kappa shape index (κ2) is 9.69. The number of nitrogens with zero attached hydrogens (tertiary/aromatic N) is 4. The minimum atomic E-state index is -0.455. The first-order valence-corrected chi connectivity index (χ1v) is 10.8.